The fourth-order valence-electron chi connectivity index (χ4n) is 2.20. The molecule has 0 bridgehead atoms. The normalized spacial score (nSPS) is 28.4. The van der Waals surface area contributed by atoms with Crippen LogP contribution < -0.4 is 27.5 Å². The first-order valence-corrected chi connectivity index (χ1v) is 4.95. The van der Waals surface area contributed by atoms with E-state index in [1.165, 1.54) is 0 Å². The summed E-state index contributed by atoms with van der Waals surface area (Å²) >= 11 is 0. The lowest BCUT2D eigenvalue weighted by molar-refractivity contribution is 0.437. The molecular weight excluding hydrogens is 190 g/mol. The zero-order valence-electron chi connectivity index (χ0n) is 8.22. The number of hydrogen-bond donors (Lipinski definition) is 3. The maximum atomic E-state index is 5.96. The van der Waals surface area contributed by atoms with Crippen LogP contribution in [0, 0.1) is 0 Å². The molecule has 2 atom stereocenters. The molecule has 2 aliphatic rings. The minimum atomic E-state index is -0.247. The maximum absolute atomic E-state index is 5.96. The van der Waals surface area contributed by atoms with Gasteiger partial charge >= 0.3 is 0 Å². The molecule has 1 aromatic rings. The van der Waals surface area contributed by atoms with Gasteiger partial charge < -0.3 is 5.73 Å². The second-order valence-electron chi connectivity index (χ2n) is 3.83. The SMILES string of the molecule is NC1N=c2ccccc2=C2C1NCN2N. The summed E-state index contributed by atoms with van der Waals surface area (Å²) in [5.41, 5.74) is 7.01. The Morgan fingerprint density at radius 1 is 1.40 bits per heavy atom. The van der Waals surface area contributed by atoms with Crippen LogP contribution in [0.2, 0.25) is 0 Å². The van der Waals surface area contributed by atoms with Crippen LogP contribution in [0.1, 0.15) is 0 Å². The Morgan fingerprint density at radius 3 is 3.07 bits per heavy atom. The number of nitrogens with one attached hydrogen (secondary N) is 1. The van der Waals surface area contributed by atoms with Gasteiger partial charge in [-0.25, -0.2) is 5.84 Å². The molecule has 2 unspecified atom stereocenters. The first kappa shape index (κ1) is 8.84. The van der Waals surface area contributed by atoms with E-state index < -0.39 is 0 Å². The summed E-state index contributed by atoms with van der Waals surface area (Å²) in [6, 6.07) is 7.98. The number of nitrogens with two attached hydrogens (primary N) is 2. The number of fused-ring (bicyclic) bond motifs is 2. The third kappa shape index (κ3) is 1.18. The predicted octanol–water partition coefficient (Wildman–Crippen LogP) is -2.18. The minimum absolute atomic E-state index is 0.0462. The topological polar surface area (TPSA) is 79.7 Å². The molecule has 2 heterocycles. The van der Waals surface area contributed by atoms with Crippen LogP contribution in [0.25, 0.3) is 5.70 Å². The van der Waals surface area contributed by atoms with E-state index in [4.69, 9.17) is 11.6 Å². The first-order chi connectivity index (χ1) is 7.27. The van der Waals surface area contributed by atoms with Crippen LogP contribution in [0.3, 0.4) is 0 Å². The largest absolute Gasteiger partial charge is 0.308 e. The number of nitrogens with zero attached hydrogens (tertiary/aromatic N) is 2. The number of para-hydroxylation sites is 1. The maximum Gasteiger partial charge on any atom is 0.119 e. The van der Waals surface area contributed by atoms with Crippen molar-refractivity contribution in [3.63, 3.8) is 0 Å². The van der Waals surface area contributed by atoms with E-state index in [2.05, 4.69) is 10.3 Å². The summed E-state index contributed by atoms with van der Waals surface area (Å²) in [6.45, 7) is 0.623. The van der Waals surface area contributed by atoms with Gasteiger partial charge in [0, 0.05) is 5.22 Å². The van der Waals surface area contributed by atoms with Crippen molar-refractivity contribution in [2.75, 3.05) is 6.67 Å². The third-order valence-corrected chi connectivity index (χ3v) is 2.90. The van der Waals surface area contributed by atoms with Crippen LogP contribution in [-0.4, -0.2) is 23.9 Å². The van der Waals surface area contributed by atoms with Crippen LogP contribution in [-0.2, 0) is 0 Å². The molecule has 0 radical (unpaired) electrons. The van der Waals surface area contributed by atoms with Gasteiger partial charge in [0.2, 0.25) is 0 Å². The fraction of sp³-hybridized carbons (Fsp3) is 0.300. The van der Waals surface area contributed by atoms with Gasteiger partial charge in [-0.3, -0.25) is 15.3 Å². The summed E-state index contributed by atoms with van der Waals surface area (Å²) in [5.74, 6) is 5.90. The molecule has 1 aromatic carbocycles. The van der Waals surface area contributed by atoms with Crippen molar-refractivity contribution in [1.29, 1.82) is 0 Å². The van der Waals surface area contributed by atoms with E-state index >= 15 is 0 Å². The molecule has 1 saturated heterocycles. The Kier molecular flexibility index (Phi) is 1.79. The van der Waals surface area contributed by atoms with Gasteiger partial charge in [0.25, 0.3) is 0 Å². The molecular formula is C10H13N5. The highest BCUT2D eigenvalue weighted by Gasteiger charge is 2.32. The number of benzene rings is 1. The van der Waals surface area contributed by atoms with Crippen molar-refractivity contribution in [3.05, 3.63) is 34.8 Å². The van der Waals surface area contributed by atoms with Crippen LogP contribution >= 0.6 is 0 Å². The van der Waals surface area contributed by atoms with Crippen LogP contribution in [0.4, 0.5) is 0 Å². The van der Waals surface area contributed by atoms with Gasteiger partial charge in [0.05, 0.1) is 23.8 Å². The van der Waals surface area contributed by atoms with Crippen molar-refractivity contribution in [2.24, 2.45) is 16.6 Å². The highest BCUT2D eigenvalue weighted by atomic mass is 15.5. The molecule has 0 saturated carbocycles. The zero-order chi connectivity index (χ0) is 10.4. The monoisotopic (exact) mass is 203 g/mol. The van der Waals surface area contributed by atoms with Gasteiger partial charge in [-0.1, -0.05) is 18.2 Å². The Balaban J connectivity index is 2.37. The van der Waals surface area contributed by atoms with Gasteiger partial charge in [-0.2, -0.15) is 0 Å². The van der Waals surface area contributed by atoms with E-state index in [1.807, 2.05) is 24.3 Å². The predicted molar refractivity (Wildman–Crippen MR) is 56.4 cm³/mol. The zero-order valence-corrected chi connectivity index (χ0v) is 8.22. The Labute approximate surface area is 87.0 Å². The Hall–Kier alpha value is -1.43. The van der Waals surface area contributed by atoms with Crippen molar-refractivity contribution in [3.8, 4) is 0 Å². The summed E-state index contributed by atoms with van der Waals surface area (Å²) in [4.78, 5) is 4.44. The molecule has 5 heteroatoms. The lowest BCUT2D eigenvalue weighted by Crippen LogP contribution is -2.50. The molecule has 0 spiro atoms. The van der Waals surface area contributed by atoms with E-state index in [1.54, 1.807) is 5.01 Å². The minimum Gasteiger partial charge on any atom is -0.308 e. The van der Waals surface area contributed by atoms with E-state index in [9.17, 15) is 0 Å². The molecule has 5 nitrogen and oxygen atoms in total. The number of rotatable bonds is 0. The standard InChI is InChI=1S/C10H13N5/c11-10-8-9(15(12)5-13-8)6-3-1-2-4-7(6)14-10/h1-4,8,10,13H,5,11-12H2. The van der Waals surface area contributed by atoms with Crippen molar-refractivity contribution < 1.29 is 0 Å². The molecule has 5 N–H and O–H groups in total. The van der Waals surface area contributed by atoms with Gasteiger partial charge in [0.1, 0.15) is 6.17 Å². The van der Waals surface area contributed by atoms with Crippen molar-refractivity contribution in [2.45, 2.75) is 12.2 Å². The van der Waals surface area contributed by atoms with E-state index in [-0.39, 0.29) is 12.2 Å². The number of hydrogen-bond acceptors (Lipinski definition) is 5. The summed E-state index contributed by atoms with van der Waals surface area (Å²) in [7, 11) is 0. The Morgan fingerprint density at radius 2 is 2.20 bits per heavy atom. The molecule has 78 valence electrons. The summed E-state index contributed by atoms with van der Waals surface area (Å²) < 4.78 is 0. The molecule has 0 amide bonds. The lowest BCUT2D eigenvalue weighted by Gasteiger charge is -2.22. The third-order valence-electron chi connectivity index (χ3n) is 2.90. The van der Waals surface area contributed by atoms with Gasteiger partial charge in [0.15, 0.2) is 0 Å². The average Bonchev–Trinajstić information content (AvgIpc) is 2.62. The van der Waals surface area contributed by atoms with Crippen molar-refractivity contribution in [1.82, 2.24) is 10.3 Å². The first-order valence-electron chi connectivity index (χ1n) is 4.95. The second-order valence-corrected chi connectivity index (χ2v) is 3.83. The highest BCUT2D eigenvalue weighted by Crippen LogP contribution is 2.15. The quantitative estimate of drug-likeness (QED) is 0.419. The summed E-state index contributed by atoms with van der Waals surface area (Å²) in [6.07, 6.45) is -0.247. The van der Waals surface area contributed by atoms with Gasteiger partial charge in [-0.05, 0) is 6.07 Å². The molecule has 0 aromatic heterocycles. The fourth-order valence-corrected chi connectivity index (χ4v) is 2.20. The van der Waals surface area contributed by atoms with E-state index in [0.717, 1.165) is 16.3 Å². The molecule has 15 heavy (non-hydrogen) atoms. The average molecular weight is 203 g/mol. The number of hydrazine groups is 1. The van der Waals surface area contributed by atoms with Crippen molar-refractivity contribution >= 4 is 5.70 Å². The smallest absolute Gasteiger partial charge is 0.119 e. The second kappa shape index (κ2) is 3.03. The molecule has 3 rings (SSSR count). The summed E-state index contributed by atoms with van der Waals surface area (Å²) in [5, 5.41) is 6.96. The van der Waals surface area contributed by atoms with Crippen LogP contribution in [0.15, 0.2) is 29.3 Å². The molecule has 1 fully saturated rings. The highest BCUT2D eigenvalue weighted by molar-refractivity contribution is 5.53. The van der Waals surface area contributed by atoms with Gasteiger partial charge in [-0.15, -0.1) is 0 Å². The van der Waals surface area contributed by atoms with E-state index in [0.29, 0.717) is 6.67 Å². The molecule has 0 aliphatic carbocycles. The molecule has 2 aliphatic heterocycles. The lowest BCUT2D eigenvalue weighted by atomic mass is 10.1. The Bertz CT molecular complexity index is 509. The van der Waals surface area contributed by atoms with Crippen LogP contribution in [0.5, 0.6) is 0 Å².